The van der Waals surface area contributed by atoms with Gasteiger partial charge in [-0.2, -0.15) is 10.4 Å². The van der Waals surface area contributed by atoms with Crippen molar-refractivity contribution in [2.24, 2.45) is 34.5 Å². The van der Waals surface area contributed by atoms with Crippen LogP contribution >= 0.6 is 0 Å². The number of carbonyl (C=O) groups is 2. The average molecular weight is 557 g/mol. The molecule has 2 aromatic rings. The summed E-state index contributed by atoms with van der Waals surface area (Å²) in [5.74, 6) is -0.167. The van der Waals surface area contributed by atoms with Crippen LogP contribution in [0.1, 0.15) is 70.1 Å². The number of carbonyl (C=O) groups excluding carboxylic acids is 2. The number of aliphatic hydroxyl groups excluding tert-OH is 1. The van der Waals surface area contributed by atoms with E-state index in [0.717, 1.165) is 49.2 Å². The van der Waals surface area contributed by atoms with Gasteiger partial charge in [-0.25, -0.2) is 14.5 Å². The molecule has 0 saturated heterocycles. The zero-order valence-electron chi connectivity index (χ0n) is 23.6. The van der Waals surface area contributed by atoms with Crippen molar-refractivity contribution in [1.82, 2.24) is 14.8 Å². The molecule has 214 valence electrons. The third-order valence-corrected chi connectivity index (χ3v) is 11.2. The summed E-state index contributed by atoms with van der Waals surface area (Å²) in [5, 5.41) is 25.8. The van der Waals surface area contributed by atoms with E-state index in [1.54, 1.807) is 6.20 Å². The van der Waals surface area contributed by atoms with Crippen LogP contribution in [0.5, 0.6) is 0 Å². The smallest absolute Gasteiger partial charge is 0.352 e. The van der Waals surface area contributed by atoms with Gasteiger partial charge in [0.2, 0.25) is 5.60 Å². The minimum Gasteiger partial charge on any atom is -0.447 e. The zero-order chi connectivity index (χ0) is 28.6. The van der Waals surface area contributed by atoms with Gasteiger partial charge in [0.1, 0.15) is 6.07 Å². The van der Waals surface area contributed by atoms with E-state index >= 15 is 0 Å². The maximum Gasteiger partial charge on any atom is 0.352 e. The van der Waals surface area contributed by atoms with Gasteiger partial charge in [-0.15, -0.1) is 0 Å². The lowest BCUT2D eigenvalue weighted by molar-refractivity contribution is -0.214. The van der Waals surface area contributed by atoms with Crippen molar-refractivity contribution >= 4 is 18.0 Å². The predicted octanol–water partition coefficient (Wildman–Crippen LogP) is 4.18. The number of nitriles is 1. The first-order chi connectivity index (χ1) is 19.7. The van der Waals surface area contributed by atoms with E-state index in [1.807, 2.05) is 42.1 Å². The van der Waals surface area contributed by atoms with Crippen molar-refractivity contribution in [2.75, 3.05) is 6.61 Å². The molecule has 4 unspecified atom stereocenters. The van der Waals surface area contributed by atoms with Crippen LogP contribution < -0.4 is 0 Å². The summed E-state index contributed by atoms with van der Waals surface area (Å²) < 4.78 is 13.4. The van der Waals surface area contributed by atoms with Crippen molar-refractivity contribution in [2.45, 2.75) is 76.9 Å². The Morgan fingerprint density at radius 3 is 2.78 bits per heavy atom. The van der Waals surface area contributed by atoms with Gasteiger partial charge in [-0.1, -0.05) is 25.5 Å². The topological polar surface area (TPSA) is 127 Å². The summed E-state index contributed by atoms with van der Waals surface area (Å²) in [4.78, 5) is 31.1. The van der Waals surface area contributed by atoms with Gasteiger partial charge in [0.25, 0.3) is 0 Å². The standard InChI is InChI=1S/C32H36N4O5/c1-30-16-20-18-35-36(26-5-3-4-13-34-26)24(20)15-21(30)8-9-22-23-10-11-32(29(39)40-14-12-33,41-28(38)19-6-7-19)31(23,2)17-25(37)27(22)30/h3-5,13,15,18-19,22-23,25,27,37H,6-11,14,16-17H2,1-2H3/t22?,23-,25-,27+,30?,31?,32?/m0/s1. The highest BCUT2D eigenvalue weighted by molar-refractivity contribution is 5.86. The Morgan fingerprint density at radius 2 is 2.05 bits per heavy atom. The average Bonchev–Trinajstić information content (AvgIpc) is 3.67. The van der Waals surface area contributed by atoms with Crippen LogP contribution in [0, 0.1) is 45.8 Å². The van der Waals surface area contributed by atoms with Crippen LogP contribution in [0.3, 0.4) is 0 Å². The number of nitrogens with zero attached hydrogens (tertiary/aromatic N) is 4. The molecule has 4 fully saturated rings. The first-order valence-corrected chi connectivity index (χ1v) is 14.9. The molecular formula is C32H36N4O5. The lowest BCUT2D eigenvalue weighted by Crippen LogP contribution is -2.63. The SMILES string of the molecule is CC12Cc3cnn(-c4ccccn4)c3C=C1CCC1[C@@H]2[C@@H](O)CC2(C)[C@H]1CCC2(OC(=O)C1CC1)C(=O)OCC#N. The number of esters is 2. The third-order valence-electron chi connectivity index (χ3n) is 11.2. The van der Waals surface area contributed by atoms with E-state index in [-0.39, 0.29) is 35.1 Å². The summed E-state index contributed by atoms with van der Waals surface area (Å²) in [5.41, 5.74) is 0.988. The molecule has 2 aromatic heterocycles. The number of aromatic nitrogens is 3. The zero-order valence-corrected chi connectivity index (χ0v) is 23.6. The Balaban J connectivity index is 1.23. The summed E-state index contributed by atoms with van der Waals surface area (Å²) in [6.07, 6.45) is 10.7. The number of fused-ring (bicyclic) bond motifs is 6. The maximum absolute atomic E-state index is 13.6. The molecule has 9 heteroatoms. The second-order valence-corrected chi connectivity index (χ2v) is 13.2. The van der Waals surface area contributed by atoms with Crippen LogP contribution in [0.15, 0.2) is 36.2 Å². The van der Waals surface area contributed by atoms with Gasteiger partial charge in [0.15, 0.2) is 12.4 Å². The minimum absolute atomic E-state index is 0.00279. The van der Waals surface area contributed by atoms with Gasteiger partial charge < -0.3 is 14.6 Å². The fourth-order valence-corrected chi connectivity index (χ4v) is 9.17. The lowest BCUT2D eigenvalue weighted by atomic mass is 9.45. The molecule has 4 saturated carbocycles. The van der Waals surface area contributed by atoms with E-state index in [2.05, 4.69) is 23.1 Å². The number of ether oxygens (including phenoxy) is 2. The molecular weight excluding hydrogens is 520 g/mol. The first-order valence-electron chi connectivity index (χ1n) is 14.9. The van der Waals surface area contributed by atoms with E-state index in [9.17, 15) is 14.7 Å². The van der Waals surface area contributed by atoms with Crippen molar-refractivity contribution < 1.29 is 24.2 Å². The Kier molecular flexibility index (Phi) is 5.95. The van der Waals surface area contributed by atoms with Gasteiger partial charge >= 0.3 is 11.9 Å². The molecule has 41 heavy (non-hydrogen) atoms. The molecule has 2 heterocycles. The number of allylic oxidation sites excluding steroid dienone is 1. The summed E-state index contributed by atoms with van der Waals surface area (Å²) in [6.45, 7) is 3.89. The second kappa shape index (κ2) is 9.25. The van der Waals surface area contributed by atoms with Crippen molar-refractivity contribution in [3.8, 4) is 11.9 Å². The van der Waals surface area contributed by atoms with E-state index in [1.165, 1.54) is 5.57 Å². The molecule has 0 radical (unpaired) electrons. The molecule has 0 aromatic carbocycles. The minimum atomic E-state index is -1.49. The van der Waals surface area contributed by atoms with Crippen molar-refractivity contribution in [1.29, 1.82) is 5.26 Å². The van der Waals surface area contributed by atoms with Crippen molar-refractivity contribution in [3.63, 3.8) is 0 Å². The Hall–Kier alpha value is -3.51. The predicted molar refractivity (Wildman–Crippen MR) is 147 cm³/mol. The molecule has 7 rings (SSSR count). The number of rotatable bonds is 5. The van der Waals surface area contributed by atoms with E-state index < -0.39 is 29.7 Å². The molecule has 5 aliphatic rings. The van der Waals surface area contributed by atoms with Crippen molar-refractivity contribution in [3.05, 3.63) is 47.4 Å². The van der Waals surface area contributed by atoms with Crippen LogP contribution in [0.25, 0.3) is 11.9 Å². The molecule has 9 nitrogen and oxygen atoms in total. The number of aliphatic hydroxyl groups is 1. The lowest BCUT2D eigenvalue weighted by Gasteiger charge is -2.60. The van der Waals surface area contributed by atoms with Gasteiger partial charge in [0.05, 0.1) is 23.9 Å². The Bertz CT molecular complexity index is 1470. The fraction of sp³-hybridized carbons (Fsp3) is 0.594. The van der Waals surface area contributed by atoms with E-state index in [4.69, 9.17) is 14.7 Å². The monoisotopic (exact) mass is 556 g/mol. The highest BCUT2D eigenvalue weighted by Gasteiger charge is 2.71. The molecule has 0 aliphatic heterocycles. The summed E-state index contributed by atoms with van der Waals surface area (Å²) in [7, 11) is 0. The molecule has 1 N–H and O–H groups in total. The van der Waals surface area contributed by atoms with E-state index in [0.29, 0.717) is 19.3 Å². The van der Waals surface area contributed by atoms with Gasteiger partial charge in [-0.3, -0.25) is 4.79 Å². The van der Waals surface area contributed by atoms with Gasteiger partial charge in [-0.05, 0) is 98.3 Å². The maximum atomic E-state index is 13.6. The Labute approximate surface area is 239 Å². The highest BCUT2D eigenvalue weighted by atomic mass is 16.6. The second-order valence-electron chi connectivity index (χ2n) is 13.2. The number of pyridine rings is 1. The molecule has 0 spiro atoms. The number of hydrogen-bond acceptors (Lipinski definition) is 8. The quantitative estimate of drug-likeness (QED) is 0.544. The van der Waals surface area contributed by atoms with Gasteiger partial charge in [0, 0.05) is 11.6 Å². The molecule has 5 aliphatic carbocycles. The summed E-state index contributed by atoms with van der Waals surface area (Å²) in [6, 6.07) is 7.67. The fourth-order valence-electron chi connectivity index (χ4n) is 9.17. The molecule has 7 atom stereocenters. The first kappa shape index (κ1) is 26.4. The Morgan fingerprint density at radius 1 is 1.22 bits per heavy atom. The largest absolute Gasteiger partial charge is 0.447 e. The summed E-state index contributed by atoms with van der Waals surface area (Å²) >= 11 is 0. The molecule has 0 amide bonds. The van der Waals surface area contributed by atoms with Crippen LogP contribution in [0.4, 0.5) is 0 Å². The van der Waals surface area contributed by atoms with Crippen LogP contribution in [0.2, 0.25) is 0 Å². The normalized spacial score (nSPS) is 37.0. The highest BCUT2D eigenvalue weighted by Crippen LogP contribution is 2.68. The van der Waals surface area contributed by atoms with Crippen LogP contribution in [-0.2, 0) is 25.5 Å². The third kappa shape index (κ3) is 3.76. The number of hydrogen-bond donors (Lipinski definition) is 1. The van der Waals surface area contributed by atoms with Crippen LogP contribution in [-0.4, -0.2) is 50.1 Å². The molecule has 0 bridgehead atoms.